The number of carboxylic acid groups (broad SMARTS) is 1. The molecule has 0 spiro atoms. The summed E-state index contributed by atoms with van der Waals surface area (Å²) >= 11 is 0. The molecule has 0 aromatic carbocycles. The summed E-state index contributed by atoms with van der Waals surface area (Å²) in [5, 5.41) is 12.5. The molecule has 0 radical (unpaired) electrons. The molecule has 2 rings (SSSR count). The van der Waals surface area contributed by atoms with E-state index in [1.165, 1.54) is 0 Å². The smallest absolute Gasteiger partial charge is 0.329 e. The second-order valence-electron chi connectivity index (χ2n) is 5.49. The van der Waals surface area contributed by atoms with Crippen molar-refractivity contribution in [2.45, 2.75) is 45.3 Å². The van der Waals surface area contributed by atoms with E-state index in [0.717, 1.165) is 25.1 Å². The molecular formula is C13H21N3O4. The van der Waals surface area contributed by atoms with Gasteiger partial charge in [0, 0.05) is 19.5 Å². The van der Waals surface area contributed by atoms with E-state index in [0.29, 0.717) is 25.5 Å². The van der Waals surface area contributed by atoms with Crippen LogP contribution in [0.25, 0.3) is 0 Å². The number of likely N-dealkylation sites (tertiary alicyclic amines) is 1. The van der Waals surface area contributed by atoms with Gasteiger partial charge in [0.05, 0.1) is 12.1 Å². The number of rotatable bonds is 8. The van der Waals surface area contributed by atoms with Gasteiger partial charge < -0.3 is 14.4 Å². The topological polar surface area (TPSA) is 88.7 Å². The number of nitrogens with zero attached hydrogens (tertiary/aromatic N) is 3. The molecule has 1 fully saturated rings. The number of carboxylic acids is 1. The first-order valence-electron chi connectivity index (χ1n) is 6.90. The van der Waals surface area contributed by atoms with Crippen LogP contribution in [0.3, 0.4) is 0 Å². The molecule has 2 heterocycles. The predicted molar refractivity (Wildman–Crippen MR) is 70.2 cm³/mol. The summed E-state index contributed by atoms with van der Waals surface area (Å²) in [6.45, 7) is 5.71. The van der Waals surface area contributed by atoms with Crippen molar-refractivity contribution in [3.8, 4) is 0 Å². The minimum atomic E-state index is -0.942. The molecule has 1 aromatic heterocycles. The standard InChI is InChI=1S/C13H21N3O4/c1-3-4-5-10-14-11(20-15-10)6-16-8-13(2,9-16)19-7-12(17)18/h3-9H2,1-2H3,(H,17,18). The summed E-state index contributed by atoms with van der Waals surface area (Å²) in [6, 6.07) is 0. The van der Waals surface area contributed by atoms with Gasteiger partial charge in [-0.1, -0.05) is 18.5 Å². The van der Waals surface area contributed by atoms with Gasteiger partial charge in [-0.2, -0.15) is 4.98 Å². The average molecular weight is 283 g/mol. The summed E-state index contributed by atoms with van der Waals surface area (Å²) in [5.41, 5.74) is -0.385. The van der Waals surface area contributed by atoms with Gasteiger partial charge in [-0.3, -0.25) is 4.90 Å². The quantitative estimate of drug-likeness (QED) is 0.763. The number of unbranched alkanes of at least 4 members (excludes halogenated alkanes) is 1. The zero-order valence-electron chi connectivity index (χ0n) is 12.0. The fourth-order valence-corrected chi connectivity index (χ4v) is 2.32. The van der Waals surface area contributed by atoms with Crippen LogP contribution in [0.4, 0.5) is 0 Å². The van der Waals surface area contributed by atoms with Crippen molar-refractivity contribution < 1.29 is 19.2 Å². The van der Waals surface area contributed by atoms with Crippen molar-refractivity contribution in [1.29, 1.82) is 0 Å². The molecule has 0 aliphatic carbocycles. The van der Waals surface area contributed by atoms with Gasteiger partial charge in [0.15, 0.2) is 5.82 Å². The highest BCUT2D eigenvalue weighted by Gasteiger charge is 2.40. The summed E-state index contributed by atoms with van der Waals surface area (Å²) in [5.74, 6) is 0.422. The maximum atomic E-state index is 10.5. The van der Waals surface area contributed by atoms with Crippen molar-refractivity contribution in [2.75, 3.05) is 19.7 Å². The van der Waals surface area contributed by atoms with Crippen molar-refractivity contribution in [2.24, 2.45) is 0 Å². The van der Waals surface area contributed by atoms with E-state index in [1.807, 2.05) is 6.92 Å². The van der Waals surface area contributed by atoms with Crippen LogP contribution in [-0.4, -0.2) is 51.4 Å². The molecule has 1 saturated heterocycles. The number of aryl methyl sites for hydroxylation is 1. The highest BCUT2D eigenvalue weighted by molar-refractivity contribution is 5.68. The van der Waals surface area contributed by atoms with E-state index < -0.39 is 5.97 Å². The molecule has 1 aliphatic rings. The first-order valence-corrected chi connectivity index (χ1v) is 6.90. The maximum Gasteiger partial charge on any atom is 0.329 e. The number of ether oxygens (including phenoxy) is 1. The van der Waals surface area contributed by atoms with E-state index in [1.54, 1.807) is 0 Å². The lowest BCUT2D eigenvalue weighted by Crippen LogP contribution is -2.61. The molecule has 1 aliphatic heterocycles. The van der Waals surface area contributed by atoms with Crippen LogP contribution < -0.4 is 0 Å². The second kappa shape index (κ2) is 6.32. The van der Waals surface area contributed by atoms with E-state index >= 15 is 0 Å². The molecular weight excluding hydrogens is 262 g/mol. The molecule has 112 valence electrons. The number of hydrogen-bond donors (Lipinski definition) is 1. The minimum Gasteiger partial charge on any atom is -0.480 e. The molecule has 1 aromatic rings. The Morgan fingerprint density at radius 2 is 2.30 bits per heavy atom. The summed E-state index contributed by atoms with van der Waals surface area (Å²) in [7, 11) is 0. The normalized spacial score (nSPS) is 17.9. The van der Waals surface area contributed by atoms with Crippen LogP contribution in [-0.2, 0) is 22.5 Å². The predicted octanol–water partition coefficient (Wildman–Crippen LogP) is 1.09. The largest absolute Gasteiger partial charge is 0.480 e. The fourth-order valence-electron chi connectivity index (χ4n) is 2.32. The van der Waals surface area contributed by atoms with Crippen LogP contribution in [0.15, 0.2) is 4.52 Å². The van der Waals surface area contributed by atoms with Gasteiger partial charge in [-0.25, -0.2) is 4.79 Å². The van der Waals surface area contributed by atoms with E-state index in [-0.39, 0.29) is 12.2 Å². The highest BCUT2D eigenvalue weighted by atomic mass is 16.5. The van der Waals surface area contributed by atoms with Crippen LogP contribution in [0, 0.1) is 0 Å². The lowest BCUT2D eigenvalue weighted by atomic mass is 9.96. The van der Waals surface area contributed by atoms with E-state index in [2.05, 4.69) is 22.0 Å². The molecule has 1 N–H and O–H groups in total. The Labute approximate surface area is 117 Å². The molecule has 0 bridgehead atoms. The Hall–Kier alpha value is -1.47. The SMILES string of the molecule is CCCCc1noc(CN2CC(C)(OCC(=O)O)C2)n1. The average Bonchev–Trinajstić information content (AvgIpc) is 2.80. The van der Waals surface area contributed by atoms with Crippen LogP contribution >= 0.6 is 0 Å². The molecule has 7 nitrogen and oxygen atoms in total. The lowest BCUT2D eigenvalue weighted by molar-refractivity contribution is -0.166. The van der Waals surface area contributed by atoms with E-state index in [4.69, 9.17) is 14.4 Å². The highest BCUT2D eigenvalue weighted by Crippen LogP contribution is 2.25. The summed E-state index contributed by atoms with van der Waals surface area (Å²) in [6.07, 6.45) is 3.01. The third kappa shape index (κ3) is 4.01. The Bertz CT molecular complexity index is 454. The lowest BCUT2D eigenvalue weighted by Gasteiger charge is -2.46. The Balaban J connectivity index is 1.73. The Morgan fingerprint density at radius 1 is 1.55 bits per heavy atom. The van der Waals surface area contributed by atoms with Crippen LogP contribution in [0.2, 0.25) is 0 Å². The summed E-state index contributed by atoms with van der Waals surface area (Å²) in [4.78, 5) is 16.9. The maximum absolute atomic E-state index is 10.5. The number of carbonyl (C=O) groups is 1. The summed E-state index contributed by atoms with van der Waals surface area (Å²) < 4.78 is 10.5. The van der Waals surface area contributed by atoms with Gasteiger partial charge in [-0.15, -0.1) is 0 Å². The molecule has 0 atom stereocenters. The van der Waals surface area contributed by atoms with E-state index in [9.17, 15) is 4.79 Å². The van der Waals surface area contributed by atoms with Crippen LogP contribution in [0.5, 0.6) is 0 Å². The van der Waals surface area contributed by atoms with Crippen molar-refractivity contribution in [1.82, 2.24) is 15.0 Å². The molecule has 7 heteroatoms. The third-order valence-electron chi connectivity index (χ3n) is 3.28. The molecule has 0 unspecified atom stereocenters. The monoisotopic (exact) mass is 283 g/mol. The van der Waals surface area contributed by atoms with Gasteiger partial charge in [0.25, 0.3) is 0 Å². The minimum absolute atomic E-state index is 0.258. The van der Waals surface area contributed by atoms with Gasteiger partial charge in [0.2, 0.25) is 5.89 Å². The zero-order valence-corrected chi connectivity index (χ0v) is 12.0. The van der Waals surface area contributed by atoms with Gasteiger partial charge in [0.1, 0.15) is 6.61 Å². The number of hydrogen-bond acceptors (Lipinski definition) is 6. The van der Waals surface area contributed by atoms with Crippen LogP contribution in [0.1, 0.15) is 38.4 Å². The molecule has 0 saturated carbocycles. The molecule has 20 heavy (non-hydrogen) atoms. The Morgan fingerprint density at radius 3 is 2.95 bits per heavy atom. The molecule has 0 amide bonds. The fraction of sp³-hybridized carbons (Fsp3) is 0.769. The van der Waals surface area contributed by atoms with Crippen molar-refractivity contribution in [3.63, 3.8) is 0 Å². The van der Waals surface area contributed by atoms with Gasteiger partial charge >= 0.3 is 5.97 Å². The Kier molecular flexibility index (Phi) is 4.72. The van der Waals surface area contributed by atoms with Crippen molar-refractivity contribution >= 4 is 5.97 Å². The zero-order chi connectivity index (χ0) is 14.6. The number of aliphatic carboxylic acids is 1. The second-order valence-corrected chi connectivity index (χ2v) is 5.49. The first-order chi connectivity index (χ1) is 9.50. The third-order valence-corrected chi connectivity index (χ3v) is 3.28. The first kappa shape index (κ1) is 14.9. The van der Waals surface area contributed by atoms with Gasteiger partial charge in [-0.05, 0) is 13.3 Å². The number of aromatic nitrogens is 2. The van der Waals surface area contributed by atoms with Crippen molar-refractivity contribution in [3.05, 3.63) is 11.7 Å².